The molecule has 0 aromatic heterocycles. The van der Waals surface area contributed by atoms with E-state index < -0.39 is 0 Å². The van der Waals surface area contributed by atoms with Gasteiger partial charge in [-0.05, 0) is 0 Å². The van der Waals surface area contributed by atoms with Crippen molar-refractivity contribution < 1.29 is 60.6 Å². The molecule has 0 amide bonds. The fourth-order valence-corrected chi connectivity index (χ4v) is 0. The van der Waals surface area contributed by atoms with Crippen LogP contribution in [0.3, 0.4) is 0 Å². The zero-order valence-electron chi connectivity index (χ0n) is 2.13. The van der Waals surface area contributed by atoms with Crippen molar-refractivity contribution in [3.8, 4) is 0 Å². The van der Waals surface area contributed by atoms with Gasteiger partial charge in [-0.2, -0.15) is 0 Å². The minimum absolute atomic E-state index is 0. The van der Waals surface area contributed by atoms with Crippen LogP contribution >= 0.6 is 0 Å². The molecule has 0 unspecified atom stereocenters. The van der Waals surface area contributed by atoms with Crippen molar-refractivity contribution in [2.45, 2.75) is 0 Å². The maximum atomic E-state index is 0. The Morgan fingerprint density at radius 2 is 0.400 bits per heavy atom. The molecule has 0 atom stereocenters. The van der Waals surface area contributed by atoms with Gasteiger partial charge in [0, 0.05) is 41.7 Å². The van der Waals surface area contributed by atoms with Gasteiger partial charge in [0.15, 0.2) is 0 Å². The SMILES string of the molecule is F.F.F.F.[Ce]. The smallest absolute Gasteiger partial charge is 0 e. The molecular formula is H4CeF4. The van der Waals surface area contributed by atoms with Gasteiger partial charge in [-0.1, -0.05) is 0 Å². The summed E-state index contributed by atoms with van der Waals surface area (Å²) in [7, 11) is 0. The van der Waals surface area contributed by atoms with E-state index in [1.165, 1.54) is 0 Å². The number of halogens is 4. The first-order valence-corrected chi connectivity index (χ1v) is 0. The summed E-state index contributed by atoms with van der Waals surface area (Å²) in [6.45, 7) is 0. The third-order valence-electron chi connectivity index (χ3n) is 0. The molecule has 0 spiro atoms. The van der Waals surface area contributed by atoms with E-state index in [2.05, 4.69) is 0 Å². The van der Waals surface area contributed by atoms with Gasteiger partial charge in [0.1, 0.15) is 0 Å². The zero-order chi connectivity index (χ0) is 0. The Morgan fingerprint density at radius 3 is 0.400 bits per heavy atom. The van der Waals surface area contributed by atoms with Crippen molar-refractivity contribution >= 4 is 0 Å². The molecule has 5 heteroatoms. The average Bonchev–Trinajstić information content (AvgIpc) is 0. The zero-order valence-corrected chi connectivity index (χ0v) is 5.27. The molecule has 0 aromatic carbocycles. The third-order valence-corrected chi connectivity index (χ3v) is 0. The predicted molar refractivity (Wildman–Crippen MR) is 10.0 cm³/mol. The first-order valence-electron chi connectivity index (χ1n) is 0. The second-order valence-corrected chi connectivity index (χ2v) is 0. The molecule has 0 heterocycles. The maximum Gasteiger partial charge on any atom is 0 e. The number of hydrogen-bond donors (Lipinski definition) is 0. The summed E-state index contributed by atoms with van der Waals surface area (Å²) >= 11 is 0. The van der Waals surface area contributed by atoms with Crippen molar-refractivity contribution in [3.05, 3.63) is 0 Å². The van der Waals surface area contributed by atoms with Crippen LogP contribution in [0.15, 0.2) is 0 Å². The van der Waals surface area contributed by atoms with Crippen LogP contribution in [0.4, 0.5) is 18.8 Å². The Bertz CT molecular complexity index is 3.61. The summed E-state index contributed by atoms with van der Waals surface area (Å²) in [5.41, 5.74) is 0. The van der Waals surface area contributed by atoms with E-state index in [9.17, 15) is 0 Å². The van der Waals surface area contributed by atoms with Crippen LogP contribution in [0, 0.1) is 41.7 Å². The van der Waals surface area contributed by atoms with Crippen LogP contribution in [0.25, 0.3) is 0 Å². The fraction of sp³-hybridized carbons (Fsp3) is 0. The molecule has 0 N–H and O–H groups in total. The second-order valence-electron chi connectivity index (χ2n) is 0. The van der Waals surface area contributed by atoms with Crippen LogP contribution < -0.4 is 0 Å². The van der Waals surface area contributed by atoms with Gasteiger partial charge in [0.05, 0.1) is 0 Å². The standard InChI is InChI=1S/Ce.4FH/h;4*1H. The van der Waals surface area contributed by atoms with E-state index in [0.717, 1.165) is 0 Å². The molecule has 0 aliphatic carbocycles. The van der Waals surface area contributed by atoms with E-state index in [-0.39, 0.29) is 60.6 Å². The first-order chi connectivity index (χ1) is 0. The molecule has 36 valence electrons. The van der Waals surface area contributed by atoms with Crippen molar-refractivity contribution in [3.63, 3.8) is 0 Å². The summed E-state index contributed by atoms with van der Waals surface area (Å²) in [6.07, 6.45) is 0. The van der Waals surface area contributed by atoms with Gasteiger partial charge in [0.2, 0.25) is 0 Å². The van der Waals surface area contributed by atoms with Crippen molar-refractivity contribution in [2.75, 3.05) is 0 Å². The van der Waals surface area contributed by atoms with E-state index >= 15 is 0 Å². The van der Waals surface area contributed by atoms with Gasteiger partial charge in [-0.25, -0.2) is 0 Å². The first kappa shape index (κ1) is 132. The molecule has 0 aliphatic heterocycles. The molecule has 0 nitrogen and oxygen atoms in total. The van der Waals surface area contributed by atoms with Gasteiger partial charge < -0.3 is 0 Å². The van der Waals surface area contributed by atoms with Crippen LogP contribution in [0.5, 0.6) is 0 Å². The van der Waals surface area contributed by atoms with E-state index in [4.69, 9.17) is 0 Å². The molecule has 0 fully saturated rings. The largest absolute Gasteiger partial charge is 0.269 e. The van der Waals surface area contributed by atoms with Crippen LogP contribution in [-0.2, 0) is 0 Å². The third kappa shape index (κ3) is 40.6. The van der Waals surface area contributed by atoms with Crippen LogP contribution in [0.1, 0.15) is 0 Å². The van der Waals surface area contributed by atoms with Crippen LogP contribution in [-0.4, -0.2) is 0 Å². The van der Waals surface area contributed by atoms with E-state index in [1.54, 1.807) is 0 Å². The summed E-state index contributed by atoms with van der Waals surface area (Å²) < 4.78 is 0. The molecule has 0 saturated carbocycles. The molecule has 0 radical (unpaired) electrons. The Hall–Kier alpha value is 1.10. The predicted octanol–water partition coefficient (Wildman–Crippen LogP) is 0.610. The van der Waals surface area contributed by atoms with Crippen molar-refractivity contribution in [1.29, 1.82) is 0 Å². The summed E-state index contributed by atoms with van der Waals surface area (Å²) in [5.74, 6) is 0. The number of rotatable bonds is 0. The molecule has 0 rings (SSSR count). The quantitative estimate of drug-likeness (QED) is 0.525. The van der Waals surface area contributed by atoms with Gasteiger partial charge in [-0.15, -0.1) is 0 Å². The molecular weight excluding hydrogens is 216 g/mol. The molecule has 5 heavy (non-hydrogen) atoms. The number of hydrogen-bond acceptors (Lipinski definition) is 0. The Balaban J connectivity index is 0. The van der Waals surface area contributed by atoms with Crippen LogP contribution in [0.2, 0.25) is 0 Å². The molecule has 0 aliphatic rings. The summed E-state index contributed by atoms with van der Waals surface area (Å²) in [5, 5.41) is 0. The van der Waals surface area contributed by atoms with Gasteiger partial charge in [0.25, 0.3) is 0 Å². The fourth-order valence-electron chi connectivity index (χ4n) is 0. The molecule has 0 bridgehead atoms. The Morgan fingerprint density at radius 1 is 0.400 bits per heavy atom. The average molecular weight is 220 g/mol. The molecule has 0 saturated heterocycles. The monoisotopic (exact) mass is 220 g/mol. The Labute approximate surface area is 60.2 Å². The minimum atomic E-state index is 0. The second kappa shape index (κ2) is 71.1. The van der Waals surface area contributed by atoms with E-state index in [0.29, 0.717) is 0 Å². The Kier molecular flexibility index (Phi) is 1870. The minimum Gasteiger partial charge on any atom is -0.269 e. The van der Waals surface area contributed by atoms with E-state index in [1.807, 2.05) is 0 Å². The van der Waals surface area contributed by atoms with Gasteiger partial charge in [-0.3, -0.25) is 18.8 Å². The normalized spacial score (nSPS) is 0. The van der Waals surface area contributed by atoms with Gasteiger partial charge >= 0.3 is 0 Å². The molecule has 0 aromatic rings. The van der Waals surface area contributed by atoms with Crippen molar-refractivity contribution in [1.82, 2.24) is 0 Å². The van der Waals surface area contributed by atoms with Crippen molar-refractivity contribution in [2.24, 2.45) is 0 Å². The summed E-state index contributed by atoms with van der Waals surface area (Å²) in [4.78, 5) is 0. The summed E-state index contributed by atoms with van der Waals surface area (Å²) in [6, 6.07) is 0. The maximum absolute atomic E-state index is 0. The topological polar surface area (TPSA) is 0 Å².